The minimum absolute atomic E-state index is 0.0481. The predicted octanol–water partition coefficient (Wildman–Crippen LogP) is 5.24. The number of amides is 3. The number of azo groups is 2. The fourth-order valence-corrected chi connectivity index (χ4v) is 6.19. The van der Waals surface area contributed by atoms with Crippen molar-refractivity contribution in [1.29, 1.82) is 0 Å². The number of nitrogens with one attached hydrogen (secondary N) is 3. The highest BCUT2D eigenvalue weighted by Crippen LogP contribution is 2.34. The molecule has 0 aliphatic heterocycles. The van der Waals surface area contributed by atoms with Crippen molar-refractivity contribution in [2.75, 3.05) is 35.2 Å². The zero-order valence-corrected chi connectivity index (χ0v) is 38.4. The van der Waals surface area contributed by atoms with Crippen molar-refractivity contribution in [2.45, 2.75) is 64.6 Å². The Morgan fingerprint density at radius 3 is 1.83 bits per heavy atom. The van der Waals surface area contributed by atoms with Gasteiger partial charge in [0, 0.05) is 5.56 Å². The third-order valence-corrected chi connectivity index (χ3v) is 10.3. The zero-order chi connectivity index (χ0) is 50.0. The Kier molecular flexibility index (Phi) is 19.0. The molecule has 22 nitrogen and oxygen atoms in total. The Labute approximate surface area is 398 Å². The SMILES string of the molecule is CC(C)[C@H](N)C(=O)Oc1ccc(CC(C)[C@H](N)C(=O)Oc2ccccc2N=Nc2ccc(NC(=O)CNC(=O)c3ccccc3)nc2N)cc1N=Nc1ccc(NC(=O)[C@@H](N)CCCCN)nc1N. The summed E-state index contributed by atoms with van der Waals surface area (Å²) >= 11 is 0. The minimum atomic E-state index is -1.12. The molecule has 2 heterocycles. The summed E-state index contributed by atoms with van der Waals surface area (Å²) < 4.78 is 11.4. The van der Waals surface area contributed by atoms with Crippen LogP contribution in [0, 0.1) is 11.8 Å². The Morgan fingerprint density at radius 1 is 0.638 bits per heavy atom. The van der Waals surface area contributed by atoms with E-state index in [-0.39, 0.29) is 76.4 Å². The Morgan fingerprint density at radius 2 is 1.20 bits per heavy atom. The van der Waals surface area contributed by atoms with Crippen LogP contribution in [0.25, 0.3) is 0 Å². The summed E-state index contributed by atoms with van der Waals surface area (Å²) in [5.41, 5.74) is 38.0. The number of unbranched alkanes of at least 4 members (excludes halogenated alkanes) is 1. The molecule has 0 bridgehead atoms. The fraction of sp³-hybridized carbons (Fsp3) is 0.298. The van der Waals surface area contributed by atoms with E-state index in [0.717, 1.165) is 6.42 Å². The van der Waals surface area contributed by atoms with Gasteiger partial charge in [0.05, 0.1) is 12.6 Å². The van der Waals surface area contributed by atoms with E-state index in [0.29, 0.717) is 30.5 Å². The molecular formula is C47H57N15O7. The number of benzene rings is 3. The third-order valence-electron chi connectivity index (χ3n) is 10.3. The van der Waals surface area contributed by atoms with E-state index in [4.69, 9.17) is 43.9 Å². The summed E-state index contributed by atoms with van der Waals surface area (Å²) in [6.07, 6.45) is 2.15. The second-order valence-corrected chi connectivity index (χ2v) is 16.2. The number of nitrogens with zero attached hydrogens (tertiary/aromatic N) is 6. The van der Waals surface area contributed by atoms with E-state index >= 15 is 0 Å². The summed E-state index contributed by atoms with van der Waals surface area (Å²) in [7, 11) is 0. The zero-order valence-electron chi connectivity index (χ0n) is 38.4. The van der Waals surface area contributed by atoms with Crippen molar-refractivity contribution in [1.82, 2.24) is 15.3 Å². The molecule has 3 amide bonds. The lowest BCUT2D eigenvalue weighted by atomic mass is 9.94. The van der Waals surface area contributed by atoms with Crippen LogP contribution in [0.15, 0.2) is 118 Å². The lowest BCUT2D eigenvalue weighted by molar-refractivity contribution is -0.137. The van der Waals surface area contributed by atoms with Gasteiger partial charge < -0.3 is 59.8 Å². The van der Waals surface area contributed by atoms with Gasteiger partial charge in [0.2, 0.25) is 11.8 Å². The van der Waals surface area contributed by atoms with Crippen LogP contribution < -0.4 is 59.8 Å². The van der Waals surface area contributed by atoms with Crippen LogP contribution in [0.3, 0.4) is 0 Å². The van der Waals surface area contributed by atoms with Crippen LogP contribution in [-0.2, 0) is 25.6 Å². The van der Waals surface area contributed by atoms with Gasteiger partial charge in [0.1, 0.15) is 46.5 Å². The van der Waals surface area contributed by atoms with Gasteiger partial charge in [-0.3, -0.25) is 14.4 Å². The number of pyridine rings is 2. The number of ether oxygens (including phenoxy) is 2. The molecule has 0 fully saturated rings. The first kappa shape index (κ1) is 51.9. The van der Waals surface area contributed by atoms with E-state index in [2.05, 4.69) is 46.4 Å². The van der Waals surface area contributed by atoms with Crippen LogP contribution in [0.1, 0.15) is 56.0 Å². The van der Waals surface area contributed by atoms with Gasteiger partial charge in [0.25, 0.3) is 5.91 Å². The summed E-state index contributed by atoms with van der Waals surface area (Å²) in [5.74, 6) is -3.19. The Bertz CT molecular complexity index is 2660. The van der Waals surface area contributed by atoms with Gasteiger partial charge in [0.15, 0.2) is 23.1 Å². The maximum absolute atomic E-state index is 13.5. The molecule has 3 aromatic carbocycles. The molecule has 5 aromatic rings. The molecule has 362 valence electrons. The Hall–Kier alpha value is -8.05. The van der Waals surface area contributed by atoms with Gasteiger partial charge in [-0.05, 0) is 104 Å². The van der Waals surface area contributed by atoms with Crippen molar-refractivity contribution in [3.8, 4) is 11.5 Å². The van der Waals surface area contributed by atoms with Gasteiger partial charge in [-0.25, -0.2) is 19.6 Å². The van der Waals surface area contributed by atoms with E-state index in [1.54, 1.807) is 81.4 Å². The number of carbonyl (C=O) groups excluding carboxylic acids is 5. The molecule has 69 heavy (non-hydrogen) atoms. The number of rotatable bonds is 22. The van der Waals surface area contributed by atoms with E-state index < -0.39 is 53.7 Å². The van der Waals surface area contributed by atoms with Crippen molar-refractivity contribution in [3.05, 3.63) is 108 Å². The van der Waals surface area contributed by atoms with Crippen LogP contribution >= 0.6 is 0 Å². The lowest BCUT2D eigenvalue weighted by Crippen LogP contribution is -2.40. The normalized spacial score (nSPS) is 13.1. The number of nitrogen functional groups attached to an aromatic ring is 2. The molecule has 1 unspecified atom stereocenters. The molecule has 0 aliphatic carbocycles. The van der Waals surface area contributed by atoms with E-state index in [9.17, 15) is 24.0 Å². The third kappa shape index (κ3) is 15.5. The maximum Gasteiger partial charge on any atom is 0.328 e. The van der Waals surface area contributed by atoms with Gasteiger partial charge in [-0.1, -0.05) is 63.6 Å². The second kappa shape index (κ2) is 25.2. The molecule has 4 atom stereocenters. The smallest absolute Gasteiger partial charge is 0.328 e. The molecule has 2 aromatic heterocycles. The number of hydrogen-bond acceptors (Lipinski definition) is 19. The summed E-state index contributed by atoms with van der Waals surface area (Å²) in [6.45, 7) is 5.53. The highest BCUT2D eigenvalue weighted by molar-refractivity contribution is 5.99. The van der Waals surface area contributed by atoms with Crippen molar-refractivity contribution < 1.29 is 33.4 Å². The summed E-state index contributed by atoms with van der Waals surface area (Å²) in [4.78, 5) is 72.0. The maximum atomic E-state index is 13.5. The van der Waals surface area contributed by atoms with Gasteiger partial charge in [-0.2, -0.15) is 0 Å². The van der Waals surface area contributed by atoms with Crippen molar-refractivity contribution in [3.63, 3.8) is 0 Å². The molecule has 5 rings (SSSR count). The molecule has 0 aliphatic rings. The molecule has 0 radical (unpaired) electrons. The second-order valence-electron chi connectivity index (χ2n) is 16.2. The standard InChI is InChI=1S/C47H57N15O7/c1-26(2)40(50)46(66)69-36-19-16-28(24-34(36)62-61-33-18-21-38(57-43(33)53)58-45(65)30(49)13-9-10-22-48)23-27(3)41(51)47(67)68-35-15-8-7-14-31(35)59-60-32-17-20-37(56-42(32)52)55-39(63)25-54-44(64)29-11-5-4-6-12-29/h4-8,11-12,14-21,24,26-27,30,40-41H,9-10,13,22-23,25,48-51H2,1-3H3,(H,54,64)(H3,52,55,56,63)(H3,53,57,58,65)/t27?,30-,40-,41-/m0/s1. The quantitative estimate of drug-likeness (QED) is 0.0185. The number of nitrogens with two attached hydrogens (primary N) is 6. The largest absolute Gasteiger partial charge is 0.423 e. The number of anilines is 4. The van der Waals surface area contributed by atoms with Crippen molar-refractivity contribution in [2.24, 2.45) is 55.2 Å². The van der Waals surface area contributed by atoms with Crippen LogP contribution in [0.2, 0.25) is 0 Å². The molecule has 0 spiro atoms. The monoisotopic (exact) mass is 943 g/mol. The first-order valence-corrected chi connectivity index (χ1v) is 22.0. The molecule has 22 heteroatoms. The first-order chi connectivity index (χ1) is 33.0. The lowest BCUT2D eigenvalue weighted by Gasteiger charge is -2.20. The number of carbonyl (C=O) groups is 5. The van der Waals surface area contributed by atoms with E-state index in [1.165, 1.54) is 36.4 Å². The molecule has 15 N–H and O–H groups in total. The average molecular weight is 944 g/mol. The van der Waals surface area contributed by atoms with Gasteiger partial charge >= 0.3 is 11.9 Å². The summed E-state index contributed by atoms with van der Waals surface area (Å²) in [6, 6.07) is 22.8. The number of hydrogen-bond donors (Lipinski definition) is 9. The fourth-order valence-electron chi connectivity index (χ4n) is 6.19. The molecule has 0 saturated heterocycles. The molecular weight excluding hydrogens is 887 g/mol. The van der Waals surface area contributed by atoms with E-state index in [1.807, 2.05) is 0 Å². The van der Waals surface area contributed by atoms with Gasteiger partial charge in [-0.15, -0.1) is 20.5 Å². The number of para-hydroxylation sites is 1. The highest BCUT2D eigenvalue weighted by atomic mass is 16.5. The predicted molar refractivity (Wildman–Crippen MR) is 260 cm³/mol. The first-order valence-electron chi connectivity index (χ1n) is 22.0. The number of aromatic nitrogens is 2. The Balaban J connectivity index is 1.23. The molecule has 0 saturated carbocycles. The van der Waals surface area contributed by atoms with Crippen molar-refractivity contribution >= 4 is 75.7 Å². The number of esters is 2. The van der Waals surface area contributed by atoms with Crippen LogP contribution in [0.4, 0.5) is 46.0 Å². The highest BCUT2D eigenvalue weighted by Gasteiger charge is 2.26. The minimum Gasteiger partial charge on any atom is -0.423 e. The topological polar surface area (TPSA) is 371 Å². The van der Waals surface area contributed by atoms with Crippen LogP contribution in [0.5, 0.6) is 11.5 Å². The van der Waals surface area contributed by atoms with Crippen LogP contribution in [-0.4, -0.2) is 70.8 Å². The average Bonchev–Trinajstić information content (AvgIpc) is 3.33. The summed E-state index contributed by atoms with van der Waals surface area (Å²) in [5, 5.41) is 24.7.